The van der Waals surface area contributed by atoms with Crippen LogP contribution < -0.4 is 11.1 Å². The molecule has 1 fully saturated rings. The third kappa shape index (κ3) is 7.78. The van der Waals surface area contributed by atoms with Crippen LogP contribution in [0.15, 0.2) is 30.3 Å². The molecule has 1 heterocycles. The van der Waals surface area contributed by atoms with Crippen LogP contribution in [0.2, 0.25) is 0 Å². The van der Waals surface area contributed by atoms with Crippen LogP contribution >= 0.6 is 12.4 Å². The van der Waals surface area contributed by atoms with E-state index in [2.05, 4.69) is 34.5 Å². The van der Waals surface area contributed by atoms with Gasteiger partial charge in [0.05, 0.1) is 0 Å². The molecule has 0 bridgehead atoms. The Hall–Kier alpha value is -1.10. The van der Waals surface area contributed by atoms with Gasteiger partial charge in [-0.05, 0) is 45.0 Å². The number of rotatable bonds is 4. The Morgan fingerprint density at radius 3 is 2.27 bits per heavy atom. The molecule has 4 nitrogen and oxygen atoms in total. The van der Waals surface area contributed by atoms with E-state index in [4.69, 9.17) is 5.73 Å². The predicted molar refractivity (Wildman–Crippen MR) is 95.1 cm³/mol. The summed E-state index contributed by atoms with van der Waals surface area (Å²) in [6.45, 7) is 8.42. The molecular weight excluding hydrogens is 298 g/mol. The Bertz CT molecular complexity index is 392. The molecule has 22 heavy (non-hydrogen) atoms. The zero-order valence-corrected chi connectivity index (χ0v) is 14.6. The molecule has 1 saturated heterocycles. The molecule has 3 N–H and O–H groups in total. The van der Waals surface area contributed by atoms with Crippen molar-refractivity contribution in [3.05, 3.63) is 35.9 Å². The van der Waals surface area contributed by atoms with E-state index in [1.54, 1.807) is 0 Å². The van der Waals surface area contributed by atoms with Gasteiger partial charge in [-0.3, -0.25) is 9.69 Å². The lowest BCUT2D eigenvalue weighted by molar-refractivity contribution is -0.126. The predicted octanol–water partition coefficient (Wildman–Crippen LogP) is 2.42. The number of nitrogens with two attached hydrogens (primary N) is 1. The van der Waals surface area contributed by atoms with Crippen molar-refractivity contribution < 1.29 is 4.79 Å². The minimum absolute atomic E-state index is 0. The number of hydrogen-bond acceptors (Lipinski definition) is 3. The summed E-state index contributed by atoms with van der Waals surface area (Å²) in [5, 5.41) is 2.92. The average Bonchev–Trinajstić information content (AvgIpc) is 2.50. The van der Waals surface area contributed by atoms with E-state index in [-0.39, 0.29) is 24.2 Å². The first-order valence-electron chi connectivity index (χ1n) is 7.95. The Labute approximate surface area is 140 Å². The van der Waals surface area contributed by atoms with Crippen molar-refractivity contribution >= 4 is 18.3 Å². The summed E-state index contributed by atoms with van der Waals surface area (Å²) in [5.41, 5.74) is 6.20. The van der Waals surface area contributed by atoms with Crippen LogP contribution in [0.5, 0.6) is 0 Å². The van der Waals surface area contributed by atoms with E-state index >= 15 is 0 Å². The van der Waals surface area contributed by atoms with E-state index in [1.165, 1.54) is 5.56 Å². The Morgan fingerprint density at radius 1 is 1.23 bits per heavy atom. The van der Waals surface area contributed by atoms with Crippen molar-refractivity contribution in [2.75, 3.05) is 26.2 Å². The maximum atomic E-state index is 11.7. The van der Waals surface area contributed by atoms with Crippen LogP contribution in [0.3, 0.4) is 0 Å². The fourth-order valence-corrected chi connectivity index (χ4v) is 2.51. The summed E-state index contributed by atoms with van der Waals surface area (Å²) in [7, 11) is 0. The summed E-state index contributed by atoms with van der Waals surface area (Å²) in [5.74, 6) is 0.453. The number of amides is 1. The van der Waals surface area contributed by atoms with E-state index in [1.807, 2.05) is 19.9 Å². The third-order valence-corrected chi connectivity index (χ3v) is 3.56. The molecule has 0 saturated carbocycles. The molecule has 0 aromatic heterocycles. The van der Waals surface area contributed by atoms with Crippen molar-refractivity contribution in [2.45, 2.75) is 33.2 Å². The van der Waals surface area contributed by atoms with Crippen molar-refractivity contribution in [3.8, 4) is 0 Å². The first-order valence-corrected chi connectivity index (χ1v) is 7.95. The Morgan fingerprint density at radius 2 is 1.77 bits per heavy atom. The monoisotopic (exact) mass is 327 g/mol. The normalized spacial score (nSPS) is 15.2. The van der Waals surface area contributed by atoms with Crippen molar-refractivity contribution in [3.63, 3.8) is 0 Å². The highest BCUT2D eigenvalue weighted by Gasteiger charge is 2.24. The van der Waals surface area contributed by atoms with Crippen LogP contribution in [0.1, 0.15) is 32.3 Å². The number of likely N-dealkylation sites (tertiary alicyclic amines) is 1. The molecule has 0 atom stereocenters. The van der Waals surface area contributed by atoms with Gasteiger partial charge in [0.1, 0.15) is 0 Å². The Kier molecular flexibility index (Phi) is 11.8. The highest BCUT2D eigenvalue weighted by Crippen LogP contribution is 2.19. The summed E-state index contributed by atoms with van der Waals surface area (Å²) in [6.07, 6.45) is 1.97. The lowest BCUT2D eigenvalue weighted by Crippen LogP contribution is -2.40. The third-order valence-electron chi connectivity index (χ3n) is 3.56. The highest BCUT2D eigenvalue weighted by molar-refractivity contribution is 5.85. The molecular formula is C17H30ClN3O. The van der Waals surface area contributed by atoms with E-state index in [0.29, 0.717) is 0 Å². The lowest BCUT2D eigenvalue weighted by atomic mass is 9.95. The second-order valence-electron chi connectivity index (χ2n) is 5.34. The Balaban J connectivity index is 0.00000102. The number of nitrogens with one attached hydrogen (secondary N) is 1. The van der Waals surface area contributed by atoms with Gasteiger partial charge in [0.25, 0.3) is 0 Å². The highest BCUT2D eigenvalue weighted by atomic mass is 35.5. The van der Waals surface area contributed by atoms with Gasteiger partial charge in [0, 0.05) is 19.0 Å². The van der Waals surface area contributed by atoms with Crippen LogP contribution in [0.4, 0.5) is 0 Å². The molecule has 1 aliphatic rings. The number of carbonyl (C=O) groups is 1. The van der Waals surface area contributed by atoms with Gasteiger partial charge < -0.3 is 11.1 Å². The molecule has 1 aliphatic heterocycles. The van der Waals surface area contributed by atoms with Gasteiger partial charge in [0.15, 0.2) is 0 Å². The standard InChI is InChI=1S/C15H22N2O.C2H7N.ClH/c1-2-16-15(18)14-8-10-17(11-9-14)12-13-6-4-3-5-7-13;1-2-3;/h3-7,14H,2,8-12H2,1H3,(H,16,18);2-3H2,1H3;1H. The van der Waals surface area contributed by atoms with E-state index < -0.39 is 0 Å². The van der Waals surface area contributed by atoms with Crippen LogP contribution in [0.25, 0.3) is 0 Å². The maximum absolute atomic E-state index is 11.7. The molecule has 0 spiro atoms. The fourth-order valence-electron chi connectivity index (χ4n) is 2.51. The van der Waals surface area contributed by atoms with Gasteiger partial charge >= 0.3 is 0 Å². The van der Waals surface area contributed by atoms with Gasteiger partial charge in [-0.25, -0.2) is 0 Å². The van der Waals surface area contributed by atoms with Gasteiger partial charge in [-0.15, -0.1) is 12.4 Å². The summed E-state index contributed by atoms with van der Waals surface area (Å²) in [4.78, 5) is 14.2. The van der Waals surface area contributed by atoms with Crippen molar-refractivity contribution in [1.82, 2.24) is 10.2 Å². The minimum atomic E-state index is 0. The van der Waals surface area contributed by atoms with E-state index in [9.17, 15) is 4.79 Å². The quantitative estimate of drug-likeness (QED) is 0.893. The molecule has 2 rings (SSSR count). The van der Waals surface area contributed by atoms with E-state index in [0.717, 1.165) is 45.6 Å². The van der Waals surface area contributed by atoms with Crippen molar-refractivity contribution in [1.29, 1.82) is 0 Å². The van der Waals surface area contributed by atoms with Gasteiger partial charge in [-0.1, -0.05) is 37.3 Å². The van der Waals surface area contributed by atoms with Crippen LogP contribution in [0, 0.1) is 5.92 Å². The SMILES string of the molecule is CCN.CCNC(=O)C1CCN(Cc2ccccc2)CC1.Cl. The fraction of sp³-hybridized carbons (Fsp3) is 0.588. The lowest BCUT2D eigenvalue weighted by Gasteiger charge is -2.31. The summed E-state index contributed by atoms with van der Waals surface area (Å²) in [6, 6.07) is 10.5. The van der Waals surface area contributed by atoms with Crippen LogP contribution in [-0.2, 0) is 11.3 Å². The molecule has 1 aromatic carbocycles. The number of hydrogen-bond donors (Lipinski definition) is 2. The van der Waals surface area contributed by atoms with Gasteiger partial charge in [-0.2, -0.15) is 0 Å². The number of halogens is 1. The second kappa shape index (κ2) is 12.4. The first kappa shape index (κ1) is 20.9. The molecule has 1 amide bonds. The molecule has 0 unspecified atom stereocenters. The second-order valence-corrected chi connectivity index (χ2v) is 5.34. The molecule has 1 aromatic rings. The summed E-state index contributed by atoms with van der Waals surface area (Å²) >= 11 is 0. The zero-order valence-electron chi connectivity index (χ0n) is 13.8. The molecule has 0 radical (unpaired) electrons. The number of nitrogens with zero attached hydrogens (tertiary/aromatic N) is 1. The topological polar surface area (TPSA) is 58.4 Å². The molecule has 5 heteroatoms. The summed E-state index contributed by atoms with van der Waals surface area (Å²) < 4.78 is 0. The van der Waals surface area contributed by atoms with Crippen molar-refractivity contribution in [2.24, 2.45) is 11.7 Å². The largest absolute Gasteiger partial charge is 0.356 e. The first-order chi connectivity index (χ1) is 10.2. The zero-order chi connectivity index (χ0) is 15.5. The number of piperidine rings is 1. The minimum Gasteiger partial charge on any atom is -0.356 e. The maximum Gasteiger partial charge on any atom is 0.223 e. The van der Waals surface area contributed by atoms with Crippen LogP contribution in [-0.4, -0.2) is 37.0 Å². The molecule has 126 valence electrons. The number of benzene rings is 1. The number of carbonyl (C=O) groups excluding carboxylic acids is 1. The van der Waals surface area contributed by atoms with Gasteiger partial charge in [0.2, 0.25) is 5.91 Å². The smallest absolute Gasteiger partial charge is 0.223 e. The average molecular weight is 328 g/mol. The molecule has 0 aliphatic carbocycles.